The molecule has 1 unspecified atom stereocenters. The number of halogens is 1. The van der Waals surface area contributed by atoms with Gasteiger partial charge < -0.3 is 15.5 Å². The number of para-hydroxylation sites is 1. The van der Waals surface area contributed by atoms with Crippen LogP contribution in [0.5, 0.6) is 5.75 Å². The Morgan fingerprint density at radius 2 is 1.75 bits per heavy atom. The van der Waals surface area contributed by atoms with Gasteiger partial charge in [-0.1, -0.05) is 31.2 Å². The van der Waals surface area contributed by atoms with E-state index in [0.717, 1.165) is 5.56 Å². The molecule has 0 aliphatic heterocycles. The Bertz CT molecular complexity index is 565. The van der Waals surface area contributed by atoms with E-state index >= 15 is 0 Å². The van der Waals surface area contributed by atoms with Gasteiger partial charge in [0.2, 0.25) is 0 Å². The normalized spacial score (nSPS) is 13.8. The molecule has 0 fully saturated rings. The standard InChI is InChI=1S/C16H18FNO2/c1-2-16(11-19,12-7-9-13(20)10-8-12)18-15-6-4-3-5-14(15)17/h3-10,18-20H,2,11H2,1H3. The molecule has 20 heavy (non-hydrogen) atoms. The summed E-state index contributed by atoms with van der Waals surface area (Å²) in [5.41, 5.74) is 0.357. The second-order valence-electron chi connectivity index (χ2n) is 4.75. The molecule has 3 nitrogen and oxygen atoms in total. The van der Waals surface area contributed by atoms with Gasteiger partial charge in [-0.25, -0.2) is 4.39 Å². The minimum absolute atomic E-state index is 0.155. The van der Waals surface area contributed by atoms with E-state index in [1.54, 1.807) is 42.5 Å². The van der Waals surface area contributed by atoms with Crippen molar-refractivity contribution in [3.05, 3.63) is 59.9 Å². The summed E-state index contributed by atoms with van der Waals surface area (Å²) >= 11 is 0. The second-order valence-corrected chi connectivity index (χ2v) is 4.75. The van der Waals surface area contributed by atoms with Gasteiger partial charge >= 0.3 is 0 Å². The molecule has 1 atom stereocenters. The molecule has 106 valence electrons. The Morgan fingerprint density at radius 1 is 1.10 bits per heavy atom. The minimum Gasteiger partial charge on any atom is -0.508 e. The largest absolute Gasteiger partial charge is 0.508 e. The maximum Gasteiger partial charge on any atom is 0.146 e. The SMILES string of the molecule is CCC(CO)(Nc1ccccc1F)c1ccc(O)cc1. The summed E-state index contributed by atoms with van der Waals surface area (Å²) in [5, 5.41) is 22.3. The molecule has 0 heterocycles. The summed E-state index contributed by atoms with van der Waals surface area (Å²) in [6.07, 6.45) is 0.572. The number of benzene rings is 2. The molecule has 4 heteroatoms. The molecule has 0 spiro atoms. The van der Waals surface area contributed by atoms with Crippen LogP contribution in [0.25, 0.3) is 0 Å². The third-order valence-corrected chi connectivity index (χ3v) is 3.54. The Balaban J connectivity index is 2.39. The van der Waals surface area contributed by atoms with Gasteiger partial charge in [0.15, 0.2) is 0 Å². The van der Waals surface area contributed by atoms with Gasteiger partial charge in [-0.3, -0.25) is 0 Å². The quantitative estimate of drug-likeness (QED) is 0.785. The van der Waals surface area contributed by atoms with Crippen molar-refractivity contribution < 1.29 is 14.6 Å². The van der Waals surface area contributed by atoms with Crippen LogP contribution < -0.4 is 5.32 Å². The first-order chi connectivity index (χ1) is 9.61. The summed E-state index contributed by atoms with van der Waals surface area (Å²) in [6.45, 7) is 1.74. The molecule has 0 aliphatic carbocycles. The molecule has 0 aliphatic rings. The van der Waals surface area contributed by atoms with Crippen molar-refractivity contribution in [3.63, 3.8) is 0 Å². The zero-order valence-corrected chi connectivity index (χ0v) is 11.3. The summed E-state index contributed by atoms with van der Waals surface area (Å²) in [5.74, 6) is -0.208. The monoisotopic (exact) mass is 275 g/mol. The third-order valence-electron chi connectivity index (χ3n) is 3.54. The van der Waals surface area contributed by atoms with Crippen LogP contribution in [-0.4, -0.2) is 16.8 Å². The molecular formula is C16H18FNO2. The molecule has 2 aromatic carbocycles. The first-order valence-corrected chi connectivity index (χ1v) is 6.54. The van der Waals surface area contributed by atoms with Crippen LogP contribution >= 0.6 is 0 Å². The summed E-state index contributed by atoms with van der Waals surface area (Å²) in [6, 6.07) is 12.9. The Hall–Kier alpha value is -2.07. The lowest BCUT2D eigenvalue weighted by molar-refractivity contribution is 0.207. The van der Waals surface area contributed by atoms with E-state index in [2.05, 4.69) is 5.32 Å². The number of anilines is 1. The summed E-state index contributed by atoms with van der Waals surface area (Å²) < 4.78 is 13.8. The van der Waals surface area contributed by atoms with Crippen LogP contribution in [0.3, 0.4) is 0 Å². The Kier molecular flexibility index (Phi) is 4.25. The molecule has 2 rings (SSSR count). The first-order valence-electron chi connectivity index (χ1n) is 6.54. The number of phenolic OH excluding ortho intramolecular Hbond substituents is 1. The van der Waals surface area contributed by atoms with Crippen molar-refractivity contribution in [2.75, 3.05) is 11.9 Å². The van der Waals surface area contributed by atoms with Crippen LogP contribution in [0.1, 0.15) is 18.9 Å². The van der Waals surface area contributed by atoms with Crippen molar-refractivity contribution in [1.82, 2.24) is 0 Å². The van der Waals surface area contributed by atoms with E-state index in [-0.39, 0.29) is 18.2 Å². The van der Waals surface area contributed by atoms with Gasteiger partial charge in [0.25, 0.3) is 0 Å². The van der Waals surface area contributed by atoms with Crippen LogP contribution in [0.4, 0.5) is 10.1 Å². The van der Waals surface area contributed by atoms with Crippen LogP contribution in [0, 0.1) is 5.82 Å². The van der Waals surface area contributed by atoms with Crippen LogP contribution in [0.15, 0.2) is 48.5 Å². The van der Waals surface area contributed by atoms with Crippen LogP contribution in [0.2, 0.25) is 0 Å². The van der Waals surface area contributed by atoms with E-state index in [0.29, 0.717) is 12.1 Å². The van der Waals surface area contributed by atoms with E-state index < -0.39 is 5.54 Å². The minimum atomic E-state index is -0.782. The van der Waals surface area contributed by atoms with Gasteiger partial charge in [-0.2, -0.15) is 0 Å². The number of aromatic hydroxyl groups is 1. The van der Waals surface area contributed by atoms with Crippen molar-refractivity contribution >= 4 is 5.69 Å². The predicted octanol–water partition coefficient (Wildman–Crippen LogP) is 3.24. The Morgan fingerprint density at radius 3 is 2.30 bits per heavy atom. The van der Waals surface area contributed by atoms with Gasteiger partial charge in [0.1, 0.15) is 11.6 Å². The lowest BCUT2D eigenvalue weighted by atomic mass is 9.87. The van der Waals surface area contributed by atoms with Crippen molar-refractivity contribution in [3.8, 4) is 5.75 Å². The fourth-order valence-electron chi connectivity index (χ4n) is 2.21. The predicted molar refractivity (Wildman–Crippen MR) is 77.2 cm³/mol. The number of rotatable bonds is 5. The van der Waals surface area contributed by atoms with Crippen molar-refractivity contribution in [1.29, 1.82) is 0 Å². The number of nitrogens with one attached hydrogen (secondary N) is 1. The van der Waals surface area contributed by atoms with Crippen molar-refractivity contribution in [2.45, 2.75) is 18.9 Å². The lowest BCUT2D eigenvalue weighted by Gasteiger charge is -2.34. The fourth-order valence-corrected chi connectivity index (χ4v) is 2.21. The third kappa shape index (κ3) is 2.75. The number of aliphatic hydroxyl groups excluding tert-OH is 1. The van der Waals surface area contributed by atoms with Gasteiger partial charge in [-0.05, 0) is 36.2 Å². The molecule has 0 amide bonds. The zero-order chi connectivity index (χ0) is 14.6. The first kappa shape index (κ1) is 14.3. The average molecular weight is 275 g/mol. The average Bonchev–Trinajstić information content (AvgIpc) is 2.48. The molecule has 0 saturated heterocycles. The van der Waals surface area contributed by atoms with Gasteiger partial charge in [0.05, 0.1) is 17.8 Å². The topological polar surface area (TPSA) is 52.5 Å². The second kappa shape index (κ2) is 5.92. The van der Waals surface area contributed by atoms with Crippen LogP contribution in [-0.2, 0) is 5.54 Å². The smallest absolute Gasteiger partial charge is 0.146 e. The lowest BCUT2D eigenvalue weighted by Crippen LogP contribution is -2.38. The molecule has 0 saturated carbocycles. The number of hydrogen-bond acceptors (Lipinski definition) is 3. The molecule has 0 bridgehead atoms. The van der Waals surface area contributed by atoms with Crippen molar-refractivity contribution in [2.24, 2.45) is 0 Å². The van der Waals surface area contributed by atoms with E-state index in [4.69, 9.17) is 0 Å². The van der Waals surface area contributed by atoms with E-state index in [9.17, 15) is 14.6 Å². The molecular weight excluding hydrogens is 257 g/mol. The highest BCUT2D eigenvalue weighted by molar-refractivity contribution is 5.49. The number of aliphatic hydroxyl groups is 1. The number of hydrogen-bond donors (Lipinski definition) is 3. The Labute approximate surface area is 117 Å². The van der Waals surface area contributed by atoms with E-state index in [1.165, 1.54) is 6.07 Å². The van der Waals surface area contributed by atoms with Gasteiger partial charge in [0, 0.05) is 0 Å². The summed E-state index contributed by atoms with van der Waals surface area (Å²) in [7, 11) is 0. The van der Waals surface area contributed by atoms with E-state index in [1.807, 2.05) is 6.92 Å². The maximum absolute atomic E-state index is 13.8. The highest BCUT2D eigenvalue weighted by Gasteiger charge is 2.30. The number of phenols is 1. The molecule has 2 aromatic rings. The highest BCUT2D eigenvalue weighted by Crippen LogP contribution is 2.31. The summed E-state index contributed by atoms with van der Waals surface area (Å²) in [4.78, 5) is 0. The molecule has 3 N–H and O–H groups in total. The maximum atomic E-state index is 13.8. The van der Waals surface area contributed by atoms with Gasteiger partial charge in [-0.15, -0.1) is 0 Å². The zero-order valence-electron chi connectivity index (χ0n) is 11.3. The molecule has 0 aromatic heterocycles. The highest BCUT2D eigenvalue weighted by atomic mass is 19.1. The molecule has 0 radical (unpaired) electrons. The fraction of sp³-hybridized carbons (Fsp3) is 0.250.